The second kappa shape index (κ2) is 5.89. The molecule has 0 saturated heterocycles. The number of nitrogens with two attached hydrogens (primary N) is 1. The molecule has 5 nitrogen and oxygen atoms in total. The van der Waals surface area contributed by atoms with Crippen LogP contribution in [0.5, 0.6) is 0 Å². The third kappa shape index (κ3) is 2.70. The summed E-state index contributed by atoms with van der Waals surface area (Å²) in [5, 5.41) is 1.04. The van der Waals surface area contributed by atoms with Crippen LogP contribution in [0.1, 0.15) is 10.4 Å². The van der Waals surface area contributed by atoms with Gasteiger partial charge in [0.2, 0.25) is 0 Å². The van der Waals surface area contributed by atoms with Crippen LogP contribution in [0.3, 0.4) is 0 Å². The van der Waals surface area contributed by atoms with Gasteiger partial charge in [0.25, 0.3) is 5.91 Å². The third-order valence-corrected chi connectivity index (χ3v) is 4.27. The molecule has 112 valence electrons. The highest BCUT2D eigenvalue weighted by atomic mass is 79.9. The first-order chi connectivity index (χ1) is 10.5. The molecule has 0 spiro atoms. The van der Waals surface area contributed by atoms with Crippen molar-refractivity contribution in [2.75, 3.05) is 0 Å². The van der Waals surface area contributed by atoms with Crippen LogP contribution in [0, 0.1) is 0 Å². The first kappa shape index (κ1) is 15.3. The van der Waals surface area contributed by atoms with Crippen molar-refractivity contribution in [2.45, 2.75) is 0 Å². The van der Waals surface area contributed by atoms with Gasteiger partial charge in [0.15, 0.2) is 0 Å². The highest BCUT2D eigenvalue weighted by Crippen LogP contribution is 2.32. The van der Waals surface area contributed by atoms with E-state index in [9.17, 15) is 4.79 Å². The number of halogens is 3. The molecule has 1 heterocycles. The molecule has 0 aliphatic rings. The largest absolute Gasteiger partial charge is 0.338 e. The summed E-state index contributed by atoms with van der Waals surface area (Å²) in [6.07, 6.45) is 0. The number of carbonyl (C=O) groups is 1. The Kier molecular flexibility index (Phi) is 4.10. The number of benzene rings is 2. The van der Waals surface area contributed by atoms with Gasteiger partial charge < -0.3 is 4.98 Å². The number of H-pyrrole nitrogens is 1. The van der Waals surface area contributed by atoms with Crippen LogP contribution in [0.25, 0.3) is 22.4 Å². The maximum absolute atomic E-state index is 11.7. The molecule has 0 atom stereocenters. The van der Waals surface area contributed by atoms with Crippen LogP contribution in [0.15, 0.2) is 34.8 Å². The zero-order valence-electron chi connectivity index (χ0n) is 11.0. The Hall–Kier alpha value is -1.60. The molecular formula is C14H9BrCl2N4O. The number of nitrogens with zero attached hydrogens (tertiary/aromatic N) is 1. The Labute approximate surface area is 143 Å². The maximum Gasteiger partial charge on any atom is 0.265 e. The summed E-state index contributed by atoms with van der Waals surface area (Å²) in [7, 11) is 0. The number of amides is 1. The predicted octanol–water partition coefficient (Wildman–Crippen LogP) is 3.90. The quantitative estimate of drug-likeness (QED) is 0.347. The number of fused-ring (bicyclic) bond motifs is 1. The minimum Gasteiger partial charge on any atom is -0.338 e. The van der Waals surface area contributed by atoms with Gasteiger partial charge in [0, 0.05) is 20.6 Å². The van der Waals surface area contributed by atoms with E-state index in [4.69, 9.17) is 29.0 Å². The monoisotopic (exact) mass is 398 g/mol. The van der Waals surface area contributed by atoms with Gasteiger partial charge in [0.1, 0.15) is 11.3 Å². The number of hydrazine groups is 1. The predicted molar refractivity (Wildman–Crippen MR) is 90.9 cm³/mol. The number of hydrogen-bond donors (Lipinski definition) is 3. The second-order valence-corrected chi connectivity index (χ2v) is 6.24. The van der Waals surface area contributed by atoms with E-state index < -0.39 is 0 Å². The van der Waals surface area contributed by atoms with Gasteiger partial charge in [-0.25, -0.2) is 10.8 Å². The van der Waals surface area contributed by atoms with Crippen LogP contribution in [-0.4, -0.2) is 15.9 Å². The number of aromatic amines is 1. The molecule has 0 saturated carbocycles. The molecule has 0 aliphatic carbocycles. The third-order valence-electron chi connectivity index (χ3n) is 3.12. The van der Waals surface area contributed by atoms with Crippen molar-refractivity contribution < 1.29 is 4.79 Å². The molecule has 0 fully saturated rings. The molecule has 2 aromatic carbocycles. The fraction of sp³-hybridized carbons (Fsp3) is 0. The summed E-state index contributed by atoms with van der Waals surface area (Å²) in [4.78, 5) is 19.3. The molecule has 3 rings (SSSR count). The Morgan fingerprint density at radius 3 is 2.73 bits per heavy atom. The van der Waals surface area contributed by atoms with Crippen LogP contribution in [0.2, 0.25) is 10.0 Å². The van der Waals surface area contributed by atoms with Crippen molar-refractivity contribution in [3.05, 3.63) is 50.4 Å². The Morgan fingerprint density at radius 2 is 2.05 bits per heavy atom. The molecule has 0 aliphatic heterocycles. The fourth-order valence-electron chi connectivity index (χ4n) is 2.10. The summed E-state index contributed by atoms with van der Waals surface area (Å²) in [6, 6.07) is 8.48. The SMILES string of the molecule is NNC(=O)c1cc(Br)c2nc(-c3ccc(Cl)cc3Cl)[nH]c2c1. The molecule has 8 heteroatoms. The van der Waals surface area contributed by atoms with E-state index in [0.29, 0.717) is 36.9 Å². The number of nitrogen functional groups attached to an aromatic ring is 1. The lowest BCUT2D eigenvalue weighted by Gasteiger charge is -2.00. The van der Waals surface area contributed by atoms with Crippen molar-refractivity contribution in [3.8, 4) is 11.4 Å². The number of aromatic nitrogens is 2. The Bertz CT molecular complexity index is 894. The van der Waals surface area contributed by atoms with E-state index in [1.54, 1.807) is 30.3 Å². The molecule has 4 N–H and O–H groups in total. The maximum atomic E-state index is 11.7. The van der Waals surface area contributed by atoms with Gasteiger partial charge in [-0.15, -0.1) is 0 Å². The zero-order valence-corrected chi connectivity index (χ0v) is 14.1. The molecule has 0 bridgehead atoms. The second-order valence-electron chi connectivity index (χ2n) is 4.54. The first-order valence-electron chi connectivity index (χ1n) is 6.15. The average Bonchev–Trinajstić information content (AvgIpc) is 2.90. The number of rotatable bonds is 2. The standard InChI is InChI=1S/C14H9BrCl2N4O/c15-9-3-6(14(22)21-18)4-11-12(9)20-13(19-11)8-2-1-7(16)5-10(8)17/h1-5H,18H2,(H,19,20)(H,21,22). The van der Waals surface area contributed by atoms with E-state index in [2.05, 4.69) is 31.3 Å². The van der Waals surface area contributed by atoms with Crippen molar-refractivity contribution in [1.82, 2.24) is 15.4 Å². The lowest BCUT2D eigenvalue weighted by atomic mass is 10.2. The van der Waals surface area contributed by atoms with Crippen molar-refractivity contribution >= 4 is 56.1 Å². The summed E-state index contributed by atoms with van der Waals surface area (Å²) in [5.74, 6) is 5.36. The van der Waals surface area contributed by atoms with Crippen molar-refractivity contribution in [3.63, 3.8) is 0 Å². The summed E-state index contributed by atoms with van der Waals surface area (Å²) in [6.45, 7) is 0. The Morgan fingerprint density at radius 1 is 1.27 bits per heavy atom. The average molecular weight is 400 g/mol. The first-order valence-corrected chi connectivity index (χ1v) is 7.70. The highest BCUT2D eigenvalue weighted by molar-refractivity contribution is 9.10. The van der Waals surface area contributed by atoms with Crippen LogP contribution < -0.4 is 11.3 Å². The Balaban J connectivity index is 2.17. The summed E-state index contributed by atoms with van der Waals surface area (Å²) in [5.41, 5.74) is 4.61. The number of hydrogen-bond acceptors (Lipinski definition) is 3. The highest BCUT2D eigenvalue weighted by Gasteiger charge is 2.14. The van der Waals surface area contributed by atoms with Gasteiger partial charge >= 0.3 is 0 Å². The van der Waals surface area contributed by atoms with Gasteiger partial charge in [-0.3, -0.25) is 10.2 Å². The minimum absolute atomic E-state index is 0.386. The molecule has 1 aromatic heterocycles. The van der Waals surface area contributed by atoms with Gasteiger partial charge in [-0.2, -0.15) is 0 Å². The molecule has 3 aromatic rings. The molecule has 1 amide bonds. The lowest BCUT2D eigenvalue weighted by Crippen LogP contribution is -2.29. The van der Waals surface area contributed by atoms with E-state index in [0.717, 1.165) is 5.56 Å². The summed E-state index contributed by atoms with van der Waals surface area (Å²) >= 11 is 15.5. The van der Waals surface area contributed by atoms with Crippen LogP contribution in [0.4, 0.5) is 0 Å². The van der Waals surface area contributed by atoms with Crippen LogP contribution >= 0.6 is 39.1 Å². The fourth-order valence-corrected chi connectivity index (χ4v) is 3.15. The van der Waals surface area contributed by atoms with E-state index in [-0.39, 0.29) is 5.91 Å². The summed E-state index contributed by atoms with van der Waals surface area (Å²) < 4.78 is 0.677. The number of carbonyl (C=O) groups excluding carboxylic acids is 1. The molecule has 0 radical (unpaired) electrons. The zero-order chi connectivity index (χ0) is 15.9. The van der Waals surface area contributed by atoms with Gasteiger partial charge in [0.05, 0.1) is 10.5 Å². The molecular weight excluding hydrogens is 391 g/mol. The molecule has 22 heavy (non-hydrogen) atoms. The lowest BCUT2D eigenvalue weighted by molar-refractivity contribution is 0.0953. The van der Waals surface area contributed by atoms with E-state index in [1.807, 2.05) is 0 Å². The number of imidazole rings is 1. The van der Waals surface area contributed by atoms with Crippen LogP contribution in [-0.2, 0) is 0 Å². The van der Waals surface area contributed by atoms with Gasteiger partial charge in [-0.05, 0) is 46.3 Å². The number of nitrogens with one attached hydrogen (secondary N) is 2. The van der Waals surface area contributed by atoms with E-state index >= 15 is 0 Å². The smallest absolute Gasteiger partial charge is 0.265 e. The van der Waals surface area contributed by atoms with Crippen molar-refractivity contribution in [1.29, 1.82) is 0 Å². The topological polar surface area (TPSA) is 83.8 Å². The normalized spacial score (nSPS) is 10.9. The van der Waals surface area contributed by atoms with Gasteiger partial charge in [-0.1, -0.05) is 23.2 Å². The van der Waals surface area contributed by atoms with Crippen molar-refractivity contribution in [2.24, 2.45) is 5.84 Å². The molecule has 0 unspecified atom stereocenters. The van der Waals surface area contributed by atoms with E-state index in [1.165, 1.54) is 0 Å². The minimum atomic E-state index is -0.386.